The van der Waals surface area contributed by atoms with Crippen LogP contribution in [0.25, 0.3) is 0 Å². The van der Waals surface area contributed by atoms with E-state index in [1.54, 1.807) is 6.08 Å². The second kappa shape index (κ2) is 6.34. The molecule has 0 aromatic heterocycles. The predicted octanol–water partition coefficient (Wildman–Crippen LogP) is 3.40. The summed E-state index contributed by atoms with van der Waals surface area (Å²) in [5, 5.41) is 3.51. The zero-order chi connectivity index (χ0) is 12.1. The molecule has 0 atom stereocenters. The molecule has 0 amide bonds. The van der Waals surface area contributed by atoms with E-state index in [1.165, 1.54) is 24.0 Å². The molecule has 0 bridgehead atoms. The molecule has 2 rings (SSSR count). The second-order valence-corrected chi connectivity index (χ2v) is 5.24. The quantitative estimate of drug-likeness (QED) is 0.615. The molecule has 3 heteroatoms. The van der Waals surface area contributed by atoms with Crippen LogP contribution in [0.4, 0.5) is 0 Å². The fourth-order valence-corrected chi connectivity index (χ4v) is 2.16. The summed E-state index contributed by atoms with van der Waals surface area (Å²) >= 11 is 3.59. The minimum Gasteiger partial charge on any atom is -0.373 e. The van der Waals surface area contributed by atoms with Crippen LogP contribution in [0, 0.1) is 0 Å². The summed E-state index contributed by atoms with van der Waals surface area (Å²) in [4.78, 5) is 0. The summed E-state index contributed by atoms with van der Waals surface area (Å²) in [7, 11) is 0. The molecule has 17 heavy (non-hydrogen) atoms. The largest absolute Gasteiger partial charge is 0.373 e. The Morgan fingerprint density at radius 3 is 2.94 bits per heavy atom. The van der Waals surface area contributed by atoms with Crippen molar-refractivity contribution in [2.45, 2.75) is 32.0 Å². The molecule has 0 saturated heterocycles. The lowest BCUT2D eigenvalue weighted by atomic mass is 10.1. The van der Waals surface area contributed by atoms with Crippen molar-refractivity contribution in [2.75, 3.05) is 6.61 Å². The number of halogens is 1. The fraction of sp³-hybridized carbons (Fsp3) is 0.429. The average molecular weight is 296 g/mol. The van der Waals surface area contributed by atoms with Gasteiger partial charge in [0.2, 0.25) is 0 Å². The van der Waals surface area contributed by atoms with Gasteiger partial charge in [0.1, 0.15) is 0 Å². The molecule has 0 spiro atoms. The van der Waals surface area contributed by atoms with Crippen LogP contribution in [0.1, 0.15) is 24.0 Å². The molecule has 1 aromatic rings. The maximum atomic E-state index is 5.43. The third-order valence-corrected chi connectivity index (χ3v) is 3.52. The van der Waals surface area contributed by atoms with E-state index in [2.05, 4.69) is 46.0 Å². The molecule has 0 radical (unpaired) electrons. The molecular weight excluding hydrogens is 278 g/mol. The molecule has 92 valence electrons. The van der Waals surface area contributed by atoms with Gasteiger partial charge in [0, 0.05) is 17.1 Å². The molecule has 0 aliphatic heterocycles. The van der Waals surface area contributed by atoms with E-state index in [0.717, 1.165) is 17.1 Å². The van der Waals surface area contributed by atoms with Crippen molar-refractivity contribution in [2.24, 2.45) is 0 Å². The summed E-state index contributed by atoms with van der Waals surface area (Å²) in [5.74, 6) is 0. The van der Waals surface area contributed by atoms with E-state index < -0.39 is 0 Å². The van der Waals surface area contributed by atoms with Crippen molar-refractivity contribution in [1.29, 1.82) is 0 Å². The first-order chi connectivity index (χ1) is 8.29. The van der Waals surface area contributed by atoms with Gasteiger partial charge in [-0.2, -0.15) is 0 Å². The normalized spacial score (nSPS) is 14.9. The van der Waals surface area contributed by atoms with Crippen LogP contribution < -0.4 is 5.32 Å². The molecule has 1 N–H and O–H groups in total. The number of nitrogens with one attached hydrogen (secondary N) is 1. The first kappa shape index (κ1) is 12.8. The SMILES string of the molecule is C=CCOCc1ccc(CNC2CC2)cc1Br. The maximum Gasteiger partial charge on any atom is 0.0732 e. The standard InChI is InChI=1S/C14H18BrNO/c1-2-7-17-10-12-4-3-11(8-14(12)15)9-16-13-5-6-13/h2-4,8,13,16H,1,5-7,9-10H2. The van der Waals surface area contributed by atoms with Crippen LogP contribution in [0.2, 0.25) is 0 Å². The fourth-order valence-electron chi connectivity index (χ4n) is 1.62. The average Bonchev–Trinajstić information content (AvgIpc) is 3.13. The minimum absolute atomic E-state index is 0.595. The van der Waals surface area contributed by atoms with E-state index in [9.17, 15) is 0 Å². The topological polar surface area (TPSA) is 21.3 Å². The Labute approximate surface area is 111 Å². The first-order valence-electron chi connectivity index (χ1n) is 5.99. The van der Waals surface area contributed by atoms with E-state index in [4.69, 9.17) is 4.74 Å². The van der Waals surface area contributed by atoms with Crippen LogP contribution in [-0.2, 0) is 17.9 Å². The zero-order valence-corrected chi connectivity index (χ0v) is 11.5. The highest BCUT2D eigenvalue weighted by atomic mass is 79.9. The van der Waals surface area contributed by atoms with E-state index >= 15 is 0 Å². The van der Waals surface area contributed by atoms with Crippen molar-refractivity contribution in [3.05, 3.63) is 46.5 Å². The number of hydrogen-bond acceptors (Lipinski definition) is 2. The Bertz CT molecular complexity index is 388. The van der Waals surface area contributed by atoms with Crippen LogP contribution in [0.15, 0.2) is 35.3 Å². The van der Waals surface area contributed by atoms with Gasteiger partial charge in [0.15, 0.2) is 0 Å². The summed E-state index contributed by atoms with van der Waals surface area (Å²) in [6.07, 6.45) is 4.42. The number of hydrogen-bond donors (Lipinski definition) is 1. The maximum absolute atomic E-state index is 5.43. The van der Waals surface area contributed by atoms with Gasteiger partial charge in [-0.15, -0.1) is 6.58 Å². The van der Waals surface area contributed by atoms with Crippen molar-refractivity contribution < 1.29 is 4.74 Å². The van der Waals surface area contributed by atoms with Crippen LogP contribution in [0.5, 0.6) is 0 Å². The van der Waals surface area contributed by atoms with Gasteiger partial charge >= 0.3 is 0 Å². The van der Waals surface area contributed by atoms with Gasteiger partial charge in [-0.3, -0.25) is 0 Å². The zero-order valence-electron chi connectivity index (χ0n) is 9.92. The minimum atomic E-state index is 0.595. The van der Waals surface area contributed by atoms with Crippen LogP contribution in [0.3, 0.4) is 0 Å². The molecular formula is C14H18BrNO. The van der Waals surface area contributed by atoms with Crippen molar-refractivity contribution in [1.82, 2.24) is 5.32 Å². The molecule has 0 heterocycles. The van der Waals surface area contributed by atoms with Crippen molar-refractivity contribution in [3.8, 4) is 0 Å². The summed E-state index contributed by atoms with van der Waals surface area (Å²) < 4.78 is 6.56. The predicted molar refractivity (Wildman–Crippen MR) is 73.9 cm³/mol. The lowest BCUT2D eigenvalue weighted by Crippen LogP contribution is -2.15. The third kappa shape index (κ3) is 4.26. The Kier molecular flexibility index (Phi) is 4.77. The Hall–Kier alpha value is -0.640. The molecule has 0 unspecified atom stereocenters. The highest BCUT2D eigenvalue weighted by Gasteiger charge is 2.19. The summed E-state index contributed by atoms with van der Waals surface area (Å²) in [6, 6.07) is 7.20. The number of ether oxygens (including phenoxy) is 1. The van der Waals surface area contributed by atoms with Gasteiger partial charge in [0.05, 0.1) is 13.2 Å². The summed E-state index contributed by atoms with van der Waals surface area (Å²) in [6.45, 7) is 5.81. The Morgan fingerprint density at radius 2 is 2.29 bits per heavy atom. The Morgan fingerprint density at radius 1 is 1.47 bits per heavy atom. The molecule has 1 aromatic carbocycles. The number of benzene rings is 1. The lowest BCUT2D eigenvalue weighted by molar-refractivity contribution is 0.148. The summed E-state index contributed by atoms with van der Waals surface area (Å²) in [5.41, 5.74) is 2.50. The van der Waals surface area contributed by atoms with Crippen molar-refractivity contribution >= 4 is 15.9 Å². The highest BCUT2D eigenvalue weighted by molar-refractivity contribution is 9.10. The van der Waals surface area contributed by atoms with Gasteiger partial charge in [-0.1, -0.05) is 34.1 Å². The van der Waals surface area contributed by atoms with Crippen LogP contribution >= 0.6 is 15.9 Å². The first-order valence-corrected chi connectivity index (χ1v) is 6.78. The second-order valence-electron chi connectivity index (χ2n) is 4.38. The highest BCUT2D eigenvalue weighted by Crippen LogP contribution is 2.22. The van der Waals surface area contributed by atoms with Gasteiger partial charge in [-0.05, 0) is 30.0 Å². The van der Waals surface area contributed by atoms with E-state index in [-0.39, 0.29) is 0 Å². The van der Waals surface area contributed by atoms with E-state index in [1.807, 2.05) is 0 Å². The number of rotatable bonds is 7. The molecule has 1 aliphatic carbocycles. The monoisotopic (exact) mass is 295 g/mol. The molecule has 1 aliphatic rings. The smallest absolute Gasteiger partial charge is 0.0732 e. The molecule has 1 fully saturated rings. The third-order valence-electron chi connectivity index (χ3n) is 2.78. The molecule has 1 saturated carbocycles. The van der Waals surface area contributed by atoms with Gasteiger partial charge < -0.3 is 10.1 Å². The molecule has 2 nitrogen and oxygen atoms in total. The van der Waals surface area contributed by atoms with Crippen molar-refractivity contribution in [3.63, 3.8) is 0 Å². The van der Waals surface area contributed by atoms with E-state index in [0.29, 0.717) is 13.2 Å². The van der Waals surface area contributed by atoms with Crippen LogP contribution in [-0.4, -0.2) is 12.6 Å². The van der Waals surface area contributed by atoms with Gasteiger partial charge in [-0.25, -0.2) is 0 Å². The lowest BCUT2D eigenvalue weighted by Gasteiger charge is -2.08. The van der Waals surface area contributed by atoms with Gasteiger partial charge in [0.25, 0.3) is 0 Å². The Balaban J connectivity index is 1.87.